The Hall–Kier alpha value is -1.05. The summed E-state index contributed by atoms with van der Waals surface area (Å²) in [6, 6.07) is 6.02. The van der Waals surface area contributed by atoms with Crippen LogP contribution in [0.2, 0.25) is 0 Å². The van der Waals surface area contributed by atoms with E-state index in [0.717, 1.165) is 18.6 Å². The molecule has 1 N–H and O–H groups in total. The van der Waals surface area contributed by atoms with Gasteiger partial charge in [0.05, 0.1) is 17.6 Å². The van der Waals surface area contributed by atoms with E-state index in [-0.39, 0.29) is 10.5 Å². The molecular weight excluding hydrogens is 298 g/mol. The molecule has 0 aliphatic rings. The molecule has 0 bridgehead atoms. The monoisotopic (exact) mass is 317 g/mol. The molecule has 1 rings (SSSR count). The lowest BCUT2D eigenvalue weighted by molar-refractivity contribution is 0.0596. The Morgan fingerprint density at radius 1 is 1.30 bits per heavy atom. The Bertz CT molecular complexity index is 543. The minimum Gasteiger partial charge on any atom is -0.465 e. The minimum atomic E-state index is -3.69. The predicted molar refractivity (Wildman–Crippen MR) is 80.6 cm³/mol. The standard InChI is InChI=1S/C13H19NO4S2/c1-18-13(15)11-7-3-4-8-12(11)20(16,17)14-9-5-6-10-19-2/h3-4,7-8,14H,5-6,9-10H2,1-2H3. The van der Waals surface area contributed by atoms with Gasteiger partial charge in [0.25, 0.3) is 0 Å². The number of carbonyl (C=O) groups excluding carboxylic acids is 1. The van der Waals surface area contributed by atoms with Gasteiger partial charge >= 0.3 is 5.97 Å². The molecule has 1 aromatic rings. The number of unbranched alkanes of at least 4 members (excludes halogenated alkanes) is 1. The first-order valence-electron chi connectivity index (χ1n) is 6.19. The molecule has 0 saturated carbocycles. The zero-order valence-corrected chi connectivity index (χ0v) is 13.2. The van der Waals surface area contributed by atoms with Crippen LogP contribution in [0.1, 0.15) is 23.2 Å². The summed E-state index contributed by atoms with van der Waals surface area (Å²) in [6.07, 6.45) is 3.72. The van der Waals surface area contributed by atoms with E-state index in [1.165, 1.54) is 19.2 Å². The highest BCUT2D eigenvalue weighted by molar-refractivity contribution is 7.98. The van der Waals surface area contributed by atoms with Crippen LogP contribution in [0.4, 0.5) is 0 Å². The largest absolute Gasteiger partial charge is 0.465 e. The predicted octanol–water partition coefficient (Wildman–Crippen LogP) is 1.89. The number of benzene rings is 1. The number of carbonyl (C=O) groups is 1. The molecule has 0 unspecified atom stereocenters. The second-order valence-electron chi connectivity index (χ2n) is 4.09. The Morgan fingerprint density at radius 2 is 2.00 bits per heavy atom. The van der Waals surface area contributed by atoms with Crippen molar-refractivity contribution in [2.45, 2.75) is 17.7 Å². The van der Waals surface area contributed by atoms with Crippen molar-refractivity contribution in [3.8, 4) is 0 Å². The highest BCUT2D eigenvalue weighted by Crippen LogP contribution is 2.16. The van der Waals surface area contributed by atoms with Crippen molar-refractivity contribution in [3.63, 3.8) is 0 Å². The zero-order valence-electron chi connectivity index (χ0n) is 11.6. The number of esters is 1. The number of rotatable bonds is 8. The maximum Gasteiger partial charge on any atom is 0.339 e. The number of ether oxygens (including phenoxy) is 1. The lowest BCUT2D eigenvalue weighted by Crippen LogP contribution is -2.26. The van der Waals surface area contributed by atoms with Gasteiger partial charge in [0.1, 0.15) is 0 Å². The number of sulfonamides is 1. The second kappa shape index (κ2) is 8.28. The summed E-state index contributed by atoms with van der Waals surface area (Å²) in [5, 5.41) is 0. The third-order valence-electron chi connectivity index (χ3n) is 2.65. The van der Waals surface area contributed by atoms with E-state index < -0.39 is 16.0 Å². The van der Waals surface area contributed by atoms with Gasteiger partial charge in [0.2, 0.25) is 10.0 Å². The molecule has 0 fully saturated rings. The van der Waals surface area contributed by atoms with Crippen LogP contribution in [-0.2, 0) is 14.8 Å². The molecular formula is C13H19NO4S2. The summed E-state index contributed by atoms with van der Waals surface area (Å²) in [5.41, 5.74) is 0.0478. The molecule has 20 heavy (non-hydrogen) atoms. The van der Waals surface area contributed by atoms with Crippen molar-refractivity contribution in [1.82, 2.24) is 4.72 Å². The van der Waals surface area contributed by atoms with Crippen LogP contribution in [0.3, 0.4) is 0 Å². The Balaban J connectivity index is 2.80. The van der Waals surface area contributed by atoms with Gasteiger partial charge in [-0.1, -0.05) is 12.1 Å². The van der Waals surface area contributed by atoms with Gasteiger partial charge in [-0.15, -0.1) is 0 Å². The lowest BCUT2D eigenvalue weighted by Gasteiger charge is -2.10. The molecule has 0 radical (unpaired) electrons. The molecule has 7 heteroatoms. The summed E-state index contributed by atoms with van der Waals surface area (Å²) in [4.78, 5) is 11.5. The maximum atomic E-state index is 12.2. The van der Waals surface area contributed by atoms with Gasteiger partial charge in [-0.3, -0.25) is 0 Å². The number of hydrogen-bond acceptors (Lipinski definition) is 5. The smallest absolute Gasteiger partial charge is 0.339 e. The molecule has 0 amide bonds. The van der Waals surface area contributed by atoms with Crippen LogP contribution < -0.4 is 4.72 Å². The van der Waals surface area contributed by atoms with Gasteiger partial charge < -0.3 is 4.74 Å². The van der Waals surface area contributed by atoms with E-state index in [2.05, 4.69) is 9.46 Å². The fraction of sp³-hybridized carbons (Fsp3) is 0.462. The molecule has 1 aromatic carbocycles. The first kappa shape index (κ1) is 17.0. The van der Waals surface area contributed by atoms with Crippen LogP contribution in [0.25, 0.3) is 0 Å². The molecule has 0 aliphatic heterocycles. The third-order valence-corrected chi connectivity index (χ3v) is 4.87. The van der Waals surface area contributed by atoms with Gasteiger partial charge in [-0.05, 0) is 37.0 Å². The van der Waals surface area contributed by atoms with Crippen LogP contribution in [0, 0.1) is 0 Å². The SMILES string of the molecule is COC(=O)c1ccccc1S(=O)(=O)NCCCCSC. The van der Waals surface area contributed by atoms with Crippen LogP contribution >= 0.6 is 11.8 Å². The van der Waals surface area contributed by atoms with Gasteiger partial charge in [0.15, 0.2) is 0 Å². The normalized spacial score (nSPS) is 11.3. The van der Waals surface area contributed by atoms with Gasteiger partial charge in [0, 0.05) is 6.54 Å². The van der Waals surface area contributed by atoms with Gasteiger partial charge in [-0.2, -0.15) is 11.8 Å². The van der Waals surface area contributed by atoms with Crippen LogP contribution in [0.5, 0.6) is 0 Å². The molecule has 112 valence electrons. The van der Waals surface area contributed by atoms with E-state index in [4.69, 9.17) is 0 Å². The van der Waals surface area contributed by atoms with E-state index >= 15 is 0 Å². The highest BCUT2D eigenvalue weighted by Gasteiger charge is 2.21. The van der Waals surface area contributed by atoms with Crippen molar-refractivity contribution < 1.29 is 17.9 Å². The summed E-state index contributed by atoms with van der Waals surface area (Å²) in [5.74, 6) is 0.342. The minimum absolute atomic E-state index is 0.0447. The summed E-state index contributed by atoms with van der Waals surface area (Å²) in [6.45, 7) is 0.360. The number of hydrogen-bond donors (Lipinski definition) is 1. The van der Waals surface area contributed by atoms with Crippen molar-refractivity contribution >= 4 is 27.8 Å². The van der Waals surface area contributed by atoms with E-state index in [9.17, 15) is 13.2 Å². The topological polar surface area (TPSA) is 72.5 Å². The second-order valence-corrected chi connectivity index (χ2v) is 6.81. The summed E-state index contributed by atoms with van der Waals surface area (Å²) >= 11 is 1.73. The first-order chi connectivity index (χ1) is 9.53. The average molecular weight is 317 g/mol. The fourth-order valence-corrected chi connectivity index (χ4v) is 3.40. The number of thioether (sulfide) groups is 1. The quantitative estimate of drug-likeness (QED) is 0.585. The van der Waals surface area contributed by atoms with Crippen molar-refractivity contribution in [1.29, 1.82) is 0 Å². The Kier molecular flexibility index (Phi) is 7.04. The highest BCUT2D eigenvalue weighted by atomic mass is 32.2. The van der Waals surface area contributed by atoms with Gasteiger partial charge in [-0.25, -0.2) is 17.9 Å². The lowest BCUT2D eigenvalue weighted by atomic mass is 10.2. The fourth-order valence-electron chi connectivity index (χ4n) is 1.64. The molecule has 0 heterocycles. The van der Waals surface area contributed by atoms with E-state index in [1.807, 2.05) is 6.26 Å². The molecule has 5 nitrogen and oxygen atoms in total. The number of nitrogens with one attached hydrogen (secondary N) is 1. The van der Waals surface area contributed by atoms with Crippen LogP contribution in [-0.4, -0.2) is 40.1 Å². The third kappa shape index (κ3) is 4.81. The Morgan fingerprint density at radius 3 is 2.65 bits per heavy atom. The van der Waals surface area contributed by atoms with Crippen molar-refractivity contribution in [2.75, 3.05) is 25.7 Å². The maximum absolute atomic E-state index is 12.2. The zero-order chi connectivity index (χ0) is 15.0. The summed E-state index contributed by atoms with van der Waals surface area (Å²) in [7, 11) is -2.47. The molecule has 0 atom stereocenters. The number of methoxy groups -OCH3 is 1. The van der Waals surface area contributed by atoms with E-state index in [1.54, 1.807) is 23.9 Å². The molecule has 0 aliphatic carbocycles. The average Bonchev–Trinajstić information content (AvgIpc) is 2.46. The first-order valence-corrected chi connectivity index (χ1v) is 9.06. The molecule has 0 saturated heterocycles. The summed E-state index contributed by atoms with van der Waals surface area (Å²) < 4.78 is 31.5. The van der Waals surface area contributed by atoms with Crippen LogP contribution in [0.15, 0.2) is 29.2 Å². The molecule has 0 aromatic heterocycles. The van der Waals surface area contributed by atoms with Crippen molar-refractivity contribution in [3.05, 3.63) is 29.8 Å². The molecule has 0 spiro atoms. The van der Waals surface area contributed by atoms with E-state index in [0.29, 0.717) is 6.54 Å². The van der Waals surface area contributed by atoms with Crippen molar-refractivity contribution in [2.24, 2.45) is 0 Å². The Labute approximate surface area is 124 Å².